The highest BCUT2D eigenvalue weighted by Crippen LogP contribution is 2.33. The molecule has 5 N–H and O–H groups in total. The van der Waals surface area contributed by atoms with Crippen LogP contribution in [0.15, 0.2) is 53.0 Å². The second-order valence-electron chi connectivity index (χ2n) is 10.1. The zero-order valence-electron chi connectivity index (χ0n) is 23.0. The van der Waals surface area contributed by atoms with Crippen molar-refractivity contribution in [2.75, 3.05) is 31.7 Å². The van der Waals surface area contributed by atoms with E-state index in [1.54, 1.807) is 24.4 Å². The van der Waals surface area contributed by atoms with Crippen LogP contribution in [0, 0.1) is 17.2 Å². The molecule has 0 unspecified atom stereocenters. The number of ether oxygens (including phenoxy) is 3. The summed E-state index contributed by atoms with van der Waals surface area (Å²) in [5, 5.41) is 17.5. The molecule has 2 heterocycles. The summed E-state index contributed by atoms with van der Waals surface area (Å²) in [4.78, 5) is 8.49. The summed E-state index contributed by atoms with van der Waals surface area (Å²) in [5.41, 5.74) is 13.8. The lowest BCUT2D eigenvalue weighted by molar-refractivity contribution is -0.0514. The van der Waals surface area contributed by atoms with Crippen molar-refractivity contribution in [1.82, 2.24) is 9.78 Å². The van der Waals surface area contributed by atoms with Crippen LogP contribution in [0.4, 0.5) is 5.69 Å². The van der Waals surface area contributed by atoms with Gasteiger partial charge >= 0.3 is 0 Å². The minimum Gasteiger partial charge on any atom is -0.487 e. The Hall–Kier alpha value is -4.30. The highest BCUT2D eigenvalue weighted by Gasteiger charge is 2.23. The predicted octanol–water partition coefficient (Wildman–Crippen LogP) is 3.99. The van der Waals surface area contributed by atoms with Crippen LogP contribution in [0.25, 0.3) is 5.57 Å². The van der Waals surface area contributed by atoms with Crippen molar-refractivity contribution in [3.8, 4) is 17.7 Å². The van der Waals surface area contributed by atoms with Gasteiger partial charge < -0.3 is 31.0 Å². The molecule has 1 aromatic carbocycles. The molecule has 2 fully saturated rings. The van der Waals surface area contributed by atoms with Crippen LogP contribution in [-0.4, -0.2) is 54.8 Å². The number of hydrogen-bond donors (Lipinski definition) is 3. The van der Waals surface area contributed by atoms with Crippen LogP contribution in [0.5, 0.6) is 11.6 Å². The minimum atomic E-state index is -0.271. The molecule has 2 aromatic rings. The Bertz CT molecular complexity index is 1280. The molecule has 1 saturated heterocycles. The number of benzene rings is 1. The summed E-state index contributed by atoms with van der Waals surface area (Å²) in [5.74, 6) is 1.74. The van der Waals surface area contributed by atoms with Gasteiger partial charge in [0.2, 0.25) is 0 Å². The molecule has 1 aromatic heterocycles. The number of nitrogens with one attached hydrogen (secondary N) is 1. The maximum atomic E-state index is 9.52. The molecule has 2 aliphatic rings. The first-order chi connectivity index (χ1) is 19.5. The topological polar surface area (TPSA) is 158 Å². The number of nitrogens with two attached hydrogens (primary N) is 2. The third-order valence-corrected chi connectivity index (χ3v) is 6.86. The molecule has 40 heavy (non-hydrogen) atoms. The highest BCUT2D eigenvalue weighted by molar-refractivity contribution is 6.10. The average molecular weight is 547 g/mol. The van der Waals surface area contributed by atoms with Gasteiger partial charge in [-0.3, -0.25) is 9.67 Å². The molecule has 0 spiro atoms. The number of aromatic nitrogens is 2. The molecule has 0 bridgehead atoms. The van der Waals surface area contributed by atoms with Crippen molar-refractivity contribution in [1.29, 1.82) is 5.26 Å². The third-order valence-electron chi connectivity index (χ3n) is 6.86. The van der Waals surface area contributed by atoms with Crippen molar-refractivity contribution in [3.05, 3.63) is 54.1 Å². The quantitative estimate of drug-likeness (QED) is 0.251. The van der Waals surface area contributed by atoms with E-state index in [9.17, 15) is 5.26 Å². The highest BCUT2D eigenvalue weighted by atomic mass is 16.5. The fourth-order valence-electron chi connectivity index (χ4n) is 4.58. The molecule has 0 radical (unpaired) electrons. The van der Waals surface area contributed by atoms with E-state index in [0.717, 1.165) is 24.1 Å². The van der Waals surface area contributed by atoms with Crippen LogP contribution in [-0.2, 0) is 4.74 Å². The summed E-state index contributed by atoms with van der Waals surface area (Å²) in [6, 6.07) is 7.74. The summed E-state index contributed by atoms with van der Waals surface area (Å²) < 4.78 is 19.3. The first-order valence-electron chi connectivity index (χ1n) is 13.6. The molecule has 1 atom stereocenters. The number of anilines is 1. The zero-order chi connectivity index (χ0) is 28.3. The van der Waals surface area contributed by atoms with E-state index >= 15 is 0 Å². The monoisotopic (exact) mass is 546 g/mol. The lowest BCUT2D eigenvalue weighted by Gasteiger charge is -2.25. The SMILES string of the molecule is C=C(/N=C\C(=C/N)c1ccc(C#N)c(O[C@@H](C)CN=CN)c1)Nc1cn(C2CCCCC2)nc1OCC1COC1. The lowest BCUT2D eigenvalue weighted by atomic mass is 9.96. The van der Waals surface area contributed by atoms with E-state index in [1.807, 2.05) is 17.8 Å². The Morgan fingerprint density at radius 1 is 1.32 bits per heavy atom. The van der Waals surface area contributed by atoms with Gasteiger partial charge in [0.25, 0.3) is 5.88 Å². The Kier molecular flexibility index (Phi) is 10.2. The standard InChI is InChI=1S/C29H38N8O3/c1-20(13-33-19-32)40-28-10-23(8-9-24(28)11-30)25(12-31)14-34-21(2)35-27-15-37(26-6-4-3-5-7-26)36-29(27)39-18-22-16-38-17-22/h8-10,12,14-15,19-20,22,26,35H,2-7,13,16-18,31H2,1H3,(H2,32,33)/b25-12+,34-14-/t20-/m0/s1. The van der Waals surface area contributed by atoms with Gasteiger partial charge in [-0.2, -0.15) is 5.26 Å². The van der Waals surface area contributed by atoms with Crippen molar-refractivity contribution in [2.45, 2.75) is 51.2 Å². The summed E-state index contributed by atoms with van der Waals surface area (Å²) >= 11 is 0. The number of hydrogen-bond acceptors (Lipinski definition) is 9. The molecule has 1 aliphatic carbocycles. The van der Waals surface area contributed by atoms with E-state index in [1.165, 1.54) is 31.8 Å². The molecular weight excluding hydrogens is 508 g/mol. The minimum absolute atomic E-state index is 0.271. The van der Waals surface area contributed by atoms with E-state index in [4.69, 9.17) is 30.8 Å². The van der Waals surface area contributed by atoms with Crippen molar-refractivity contribution < 1.29 is 14.2 Å². The van der Waals surface area contributed by atoms with Crippen LogP contribution < -0.4 is 26.3 Å². The number of aliphatic imine (C=N–C) groups is 2. The van der Waals surface area contributed by atoms with E-state index < -0.39 is 0 Å². The predicted molar refractivity (Wildman–Crippen MR) is 156 cm³/mol. The van der Waals surface area contributed by atoms with E-state index in [2.05, 4.69) is 27.9 Å². The molecule has 11 heteroatoms. The van der Waals surface area contributed by atoms with E-state index in [0.29, 0.717) is 66.9 Å². The van der Waals surface area contributed by atoms with Gasteiger partial charge in [0.05, 0.1) is 50.5 Å². The van der Waals surface area contributed by atoms with Crippen molar-refractivity contribution >= 4 is 23.8 Å². The molecule has 4 rings (SSSR count). The average Bonchev–Trinajstić information content (AvgIpc) is 3.34. The van der Waals surface area contributed by atoms with Crippen LogP contribution in [0.2, 0.25) is 0 Å². The molecule has 11 nitrogen and oxygen atoms in total. The van der Waals surface area contributed by atoms with E-state index in [-0.39, 0.29) is 6.10 Å². The van der Waals surface area contributed by atoms with Gasteiger partial charge in [-0.05, 0) is 37.5 Å². The first-order valence-corrected chi connectivity index (χ1v) is 13.6. The second-order valence-corrected chi connectivity index (χ2v) is 10.1. The van der Waals surface area contributed by atoms with Gasteiger partial charge in [0, 0.05) is 23.9 Å². The van der Waals surface area contributed by atoms with Crippen LogP contribution in [0.3, 0.4) is 0 Å². The second kappa shape index (κ2) is 14.2. The Labute approximate surface area is 235 Å². The number of rotatable bonds is 13. The Morgan fingerprint density at radius 2 is 2.12 bits per heavy atom. The van der Waals surface area contributed by atoms with Gasteiger partial charge in [-0.1, -0.05) is 31.9 Å². The van der Waals surface area contributed by atoms with Gasteiger partial charge in [0.15, 0.2) is 0 Å². The molecule has 212 valence electrons. The lowest BCUT2D eigenvalue weighted by Crippen LogP contribution is -2.32. The fraction of sp³-hybridized carbons (Fsp3) is 0.448. The maximum Gasteiger partial charge on any atom is 0.256 e. The number of nitriles is 1. The van der Waals surface area contributed by atoms with Gasteiger partial charge in [0.1, 0.15) is 29.4 Å². The summed E-state index contributed by atoms with van der Waals surface area (Å²) in [6.45, 7) is 8.26. The van der Waals surface area contributed by atoms with Crippen LogP contribution in [0.1, 0.15) is 56.2 Å². The molecule has 1 saturated carbocycles. The van der Waals surface area contributed by atoms with Gasteiger partial charge in [-0.25, -0.2) is 4.99 Å². The smallest absolute Gasteiger partial charge is 0.256 e. The summed E-state index contributed by atoms with van der Waals surface area (Å²) in [6.07, 6.45) is 11.9. The first kappa shape index (κ1) is 28.7. The normalized spacial score (nSPS) is 17.4. The fourth-order valence-corrected chi connectivity index (χ4v) is 4.58. The number of nitrogens with zero attached hydrogens (tertiary/aromatic N) is 5. The largest absolute Gasteiger partial charge is 0.487 e. The number of allylic oxidation sites excluding steroid dienone is 1. The summed E-state index contributed by atoms with van der Waals surface area (Å²) in [7, 11) is 0. The van der Waals surface area contributed by atoms with Crippen LogP contribution >= 0.6 is 0 Å². The van der Waals surface area contributed by atoms with Gasteiger partial charge in [-0.15, -0.1) is 5.10 Å². The molecule has 0 amide bonds. The Balaban J connectivity index is 1.46. The Morgan fingerprint density at radius 3 is 2.80 bits per heavy atom. The van der Waals surface area contributed by atoms with Crippen molar-refractivity contribution in [3.63, 3.8) is 0 Å². The van der Waals surface area contributed by atoms with Crippen molar-refractivity contribution in [2.24, 2.45) is 27.4 Å². The molecular formula is C29H38N8O3. The maximum absolute atomic E-state index is 9.52. The molecule has 1 aliphatic heterocycles. The third kappa shape index (κ3) is 7.64. The zero-order valence-corrected chi connectivity index (χ0v) is 23.0.